The topological polar surface area (TPSA) is 29.1 Å². The normalized spacial score (nSPS) is 16.0. The van der Waals surface area contributed by atoms with Crippen LogP contribution in [0.1, 0.15) is 33.6 Å². The molecule has 0 saturated heterocycles. The lowest BCUT2D eigenvalue weighted by molar-refractivity contribution is -0.121. The van der Waals surface area contributed by atoms with Gasteiger partial charge in [-0.3, -0.25) is 4.79 Å². The van der Waals surface area contributed by atoms with Crippen molar-refractivity contribution in [1.82, 2.24) is 5.32 Å². The molecule has 0 spiro atoms. The fourth-order valence-electron chi connectivity index (χ4n) is 1.22. The number of hydrogen-bond acceptors (Lipinski definition) is 2. The lowest BCUT2D eigenvalue weighted by Crippen LogP contribution is -2.39. The minimum absolute atomic E-state index is 0.0602. The molecule has 0 aromatic heterocycles. The molecule has 1 N–H and O–H groups in total. The van der Waals surface area contributed by atoms with Gasteiger partial charge in [-0.15, -0.1) is 0 Å². The summed E-state index contributed by atoms with van der Waals surface area (Å²) in [5.74, 6) is 0.773. The molecule has 2 nitrogen and oxygen atoms in total. The summed E-state index contributed by atoms with van der Waals surface area (Å²) >= 11 is 0. The second-order valence-corrected chi connectivity index (χ2v) is 2.97. The number of ketones is 1. The molecule has 0 bridgehead atoms. The van der Waals surface area contributed by atoms with Gasteiger partial charge in [-0.2, -0.15) is 0 Å². The van der Waals surface area contributed by atoms with Crippen molar-refractivity contribution in [2.45, 2.75) is 39.7 Å². The van der Waals surface area contributed by atoms with Crippen LogP contribution in [0.3, 0.4) is 0 Å². The van der Waals surface area contributed by atoms with Crippen molar-refractivity contribution in [2.24, 2.45) is 5.92 Å². The number of hydrogen-bond donors (Lipinski definition) is 1. The quantitative estimate of drug-likeness (QED) is 0.656. The molecule has 1 unspecified atom stereocenters. The van der Waals surface area contributed by atoms with E-state index >= 15 is 0 Å². The number of Topliss-reactive ketones (excluding diaryl/α,β-unsaturated/α-hetero) is 1. The largest absolute Gasteiger partial charge is 0.310 e. The molecule has 0 saturated carbocycles. The predicted molar refractivity (Wildman–Crippen MR) is 47.6 cm³/mol. The number of rotatable bonds is 5. The Morgan fingerprint density at radius 3 is 2.27 bits per heavy atom. The zero-order chi connectivity index (χ0) is 8.85. The van der Waals surface area contributed by atoms with Gasteiger partial charge in [0.25, 0.3) is 0 Å². The van der Waals surface area contributed by atoms with E-state index in [9.17, 15) is 4.79 Å². The van der Waals surface area contributed by atoms with Crippen molar-refractivity contribution >= 4 is 5.78 Å². The lowest BCUT2D eigenvalue weighted by Gasteiger charge is -2.20. The highest BCUT2D eigenvalue weighted by molar-refractivity contribution is 5.83. The summed E-state index contributed by atoms with van der Waals surface area (Å²) in [7, 11) is 1.85. The van der Waals surface area contributed by atoms with Gasteiger partial charge in [0.1, 0.15) is 5.78 Å². The Balaban J connectivity index is 4.03. The molecule has 0 aliphatic heterocycles. The van der Waals surface area contributed by atoms with Crippen LogP contribution in [0.5, 0.6) is 0 Å². The van der Waals surface area contributed by atoms with Gasteiger partial charge in [0.15, 0.2) is 0 Å². The molecule has 0 aromatic carbocycles. The number of likely N-dealkylation sites (N-methyl/N-ethyl adjacent to an activating group) is 1. The van der Waals surface area contributed by atoms with E-state index in [4.69, 9.17) is 0 Å². The van der Waals surface area contributed by atoms with Crippen LogP contribution in [-0.2, 0) is 4.79 Å². The predicted octanol–water partition coefficient (Wildman–Crippen LogP) is 1.60. The van der Waals surface area contributed by atoms with Crippen LogP contribution >= 0.6 is 0 Å². The van der Waals surface area contributed by atoms with E-state index in [-0.39, 0.29) is 6.04 Å². The SMILES string of the molecule is CCC(=O)C(NC)[C@@H](C)CC. The maximum atomic E-state index is 11.3. The molecule has 0 amide bonds. The number of carbonyl (C=O) groups excluding carboxylic acids is 1. The van der Waals surface area contributed by atoms with Crippen molar-refractivity contribution in [3.05, 3.63) is 0 Å². The summed E-state index contributed by atoms with van der Waals surface area (Å²) in [6, 6.07) is 0.0602. The Morgan fingerprint density at radius 2 is 2.00 bits per heavy atom. The molecular formula is C9H19NO. The smallest absolute Gasteiger partial charge is 0.149 e. The van der Waals surface area contributed by atoms with Crippen molar-refractivity contribution < 1.29 is 4.79 Å². The third-order valence-electron chi connectivity index (χ3n) is 2.22. The van der Waals surface area contributed by atoms with Crippen LogP contribution in [0.15, 0.2) is 0 Å². The van der Waals surface area contributed by atoms with Gasteiger partial charge in [0.2, 0.25) is 0 Å². The molecular weight excluding hydrogens is 138 g/mol. The second-order valence-electron chi connectivity index (χ2n) is 2.97. The molecule has 0 fully saturated rings. The first-order chi connectivity index (χ1) is 5.17. The molecule has 2 atom stereocenters. The number of carbonyl (C=O) groups is 1. The summed E-state index contributed by atoms with van der Waals surface area (Å²) in [5.41, 5.74) is 0. The Bertz CT molecular complexity index is 123. The molecule has 0 rings (SSSR count). The summed E-state index contributed by atoms with van der Waals surface area (Å²) < 4.78 is 0. The van der Waals surface area contributed by atoms with Crippen molar-refractivity contribution in [1.29, 1.82) is 0 Å². The van der Waals surface area contributed by atoms with Gasteiger partial charge < -0.3 is 5.32 Å². The highest BCUT2D eigenvalue weighted by atomic mass is 16.1. The second kappa shape index (κ2) is 5.30. The van der Waals surface area contributed by atoms with Crippen molar-refractivity contribution in [3.63, 3.8) is 0 Å². The molecule has 0 aliphatic rings. The monoisotopic (exact) mass is 157 g/mol. The summed E-state index contributed by atoms with van der Waals surface area (Å²) in [5, 5.41) is 3.05. The minimum atomic E-state index is 0.0602. The van der Waals surface area contributed by atoms with E-state index in [0.29, 0.717) is 18.1 Å². The van der Waals surface area contributed by atoms with Crippen LogP contribution in [0.4, 0.5) is 0 Å². The molecule has 0 heterocycles. The van der Waals surface area contributed by atoms with Gasteiger partial charge in [-0.25, -0.2) is 0 Å². The maximum Gasteiger partial charge on any atom is 0.149 e. The zero-order valence-electron chi connectivity index (χ0n) is 7.98. The van der Waals surface area contributed by atoms with Crippen LogP contribution in [0.25, 0.3) is 0 Å². The van der Waals surface area contributed by atoms with Crippen molar-refractivity contribution in [3.8, 4) is 0 Å². The fraction of sp³-hybridized carbons (Fsp3) is 0.889. The third-order valence-corrected chi connectivity index (χ3v) is 2.22. The first kappa shape index (κ1) is 10.6. The van der Waals surface area contributed by atoms with E-state index in [1.165, 1.54) is 0 Å². The lowest BCUT2D eigenvalue weighted by atomic mass is 9.94. The first-order valence-electron chi connectivity index (χ1n) is 4.37. The van der Waals surface area contributed by atoms with Gasteiger partial charge in [0.05, 0.1) is 6.04 Å². The average Bonchev–Trinajstić information content (AvgIpc) is 2.05. The minimum Gasteiger partial charge on any atom is -0.310 e. The Hall–Kier alpha value is -0.370. The molecule has 2 heteroatoms. The molecule has 11 heavy (non-hydrogen) atoms. The standard InChI is InChI=1S/C9H19NO/c1-5-7(3)9(10-4)8(11)6-2/h7,9-10H,5-6H2,1-4H3/t7-,9?/m0/s1. The van der Waals surface area contributed by atoms with E-state index in [1.54, 1.807) is 0 Å². The van der Waals surface area contributed by atoms with Crippen LogP contribution in [-0.4, -0.2) is 18.9 Å². The van der Waals surface area contributed by atoms with Gasteiger partial charge in [-0.05, 0) is 13.0 Å². The van der Waals surface area contributed by atoms with Crippen LogP contribution in [0.2, 0.25) is 0 Å². The van der Waals surface area contributed by atoms with Crippen molar-refractivity contribution in [2.75, 3.05) is 7.05 Å². The fourth-order valence-corrected chi connectivity index (χ4v) is 1.22. The summed E-state index contributed by atoms with van der Waals surface area (Å²) in [6.07, 6.45) is 1.69. The van der Waals surface area contributed by atoms with Crippen LogP contribution in [0, 0.1) is 5.92 Å². The Morgan fingerprint density at radius 1 is 1.45 bits per heavy atom. The van der Waals surface area contributed by atoms with Gasteiger partial charge in [-0.1, -0.05) is 27.2 Å². The Kier molecular flexibility index (Phi) is 5.12. The third kappa shape index (κ3) is 3.02. The summed E-state index contributed by atoms with van der Waals surface area (Å²) in [6.45, 7) is 6.13. The summed E-state index contributed by atoms with van der Waals surface area (Å²) in [4.78, 5) is 11.3. The van der Waals surface area contributed by atoms with Gasteiger partial charge in [0, 0.05) is 6.42 Å². The number of nitrogens with one attached hydrogen (secondary N) is 1. The molecule has 0 aromatic rings. The Labute approximate surface area is 69.4 Å². The highest BCUT2D eigenvalue weighted by Gasteiger charge is 2.19. The molecule has 66 valence electrons. The van der Waals surface area contributed by atoms with Gasteiger partial charge >= 0.3 is 0 Å². The van der Waals surface area contributed by atoms with E-state index < -0.39 is 0 Å². The van der Waals surface area contributed by atoms with Crippen LogP contribution < -0.4 is 5.32 Å². The maximum absolute atomic E-state index is 11.3. The molecule has 0 aliphatic carbocycles. The molecule has 0 radical (unpaired) electrons. The highest BCUT2D eigenvalue weighted by Crippen LogP contribution is 2.09. The average molecular weight is 157 g/mol. The van der Waals surface area contributed by atoms with E-state index in [2.05, 4.69) is 19.2 Å². The van der Waals surface area contributed by atoms with E-state index in [1.807, 2.05) is 14.0 Å². The first-order valence-corrected chi connectivity index (χ1v) is 4.37. The van der Waals surface area contributed by atoms with E-state index in [0.717, 1.165) is 6.42 Å². The zero-order valence-corrected chi connectivity index (χ0v) is 7.98.